The van der Waals surface area contributed by atoms with Crippen molar-refractivity contribution in [2.45, 2.75) is 81.6 Å². The van der Waals surface area contributed by atoms with Gasteiger partial charge < -0.3 is 15.7 Å². The lowest BCUT2D eigenvalue weighted by Crippen LogP contribution is -2.55. The van der Waals surface area contributed by atoms with Gasteiger partial charge in [0.25, 0.3) is 5.91 Å². The molecule has 6 heteroatoms. The van der Waals surface area contributed by atoms with Crippen molar-refractivity contribution in [1.82, 2.24) is 15.6 Å². The fourth-order valence-electron chi connectivity index (χ4n) is 7.74. The Balaban J connectivity index is 1.27. The number of nitrogens with one attached hydrogen (secondary N) is 2. The molecule has 0 spiro atoms. The third-order valence-corrected chi connectivity index (χ3v) is 9.16. The van der Waals surface area contributed by atoms with Gasteiger partial charge in [0, 0.05) is 29.6 Å². The molecule has 1 aromatic rings. The summed E-state index contributed by atoms with van der Waals surface area (Å²) >= 11 is 0. The van der Waals surface area contributed by atoms with Gasteiger partial charge in [-0.3, -0.25) is 14.6 Å². The summed E-state index contributed by atoms with van der Waals surface area (Å²) in [5.74, 6) is 2.68. The summed E-state index contributed by atoms with van der Waals surface area (Å²) in [6.07, 6.45) is 10.5. The highest BCUT2D eigenvalue weighted by molar-refractivity contribution is 5.96. The Morgan fingerprint density at radius 1 is 1.09 bits per heavy atom. The minimum absolute atomic E-state index is 0.0393. The highest BCUT2D eigenvalue weighted by Gasteiger charge is 2.49. The molecule has 0 unspecified atom stereocenters. The maximum absolute atomic E-state index is 13.5. The summed E-state index contributed by atoms with van der Waals surface area (Å²) in [7, 11) is 0. The van der Waals surface area contributed by atoms with E-state index in [9.17, 15) is 14.7 Å². The summed E-state index contributed by atoms with van der Waals surface area (Å²) in [6.45, 7) is 1.55. The van der Waals surface area contributed by atoms with Gasteiger partial charge in [-0.2, -0.15) is 0 Å². The first-order valence-electron chi connectivity index (χ1n) is 12.8. The van der Waals surface area contributed by atoms with Gasteiger partial charge in [0.2, 0.25) is 0 Å². The molecule has 172 valence electrons. The van der Waals surface area contributed by atoms with Crippen molar-refractivity contribution in [2.75, 3.05) is 13.1 Å². The zero-order valence-electron chi connectivity index (χ0n) is 18.8. The largest absolute Gasteiger partial charge is 0.481 e. The number of carbonyl (C=O) groups is 2. The van der Waals surface area contributed by atoms with E-state index in [0.717, 1.165) is 61.0 Å². The van der Waals surface area contributed by atoms with Gasteiger partial charge in [-0.25, -0.2) is 0 Å². The van der Waals surface area contributed by atoms with Gasteiger partial charge in [0.1, 0.15) is 0 Å². The summed E-state index contributed by atoms with van der Waals surface area (Å²) in [5.41, 5.74) is 1.99. The number of carboxylic acids is 1. The van der Waals surface area contributed by atoms with E-state index in [2.05, 4.69) is 10.6 Å². The zero-order chi connectivity index (χ0) is 21.9. The molecule has 3 N–H and O–H groups in total. The average molecular weight is 438 g/mol. The van der Waals surface area contributed by atoms with Gasteiger partial charge in [0.15, 0.2) is 0 Å². The van der Waals surface area contributed by atoms with Crippen LogP contribution in [0.3, 0.4) is 0 Å². The number of hydrogen-bond donors (Lipinski definition) is 3. The van der Waals surface area contributed by atoms with E-state index in [4.69, 9.17) is 4.98 Å². The summed E-state index contributed by atoms with van der Waals surface area (Å²) in [5, 5.41) is 16.4. The second-order valence-corrected chi connectivity index (χ2v) is 11.5. The van der Waals surface area contributed by atoms with Gasteiger partial charge in [0.05, 0.1) is 17.7 Å². The van der Waals surface area contributed by atoms with Crippen LogP contribution in [-0.2, 0) is 10.2 Å². The number of carboxylic acid groups (broad SMARTS) is 1. The summed E-state index contributed by atoms with van der Waals surface area (Å²) in [4.78, 5) is 30.2. The number of pyridine rings is 1. The molecule has 1 amide bonds. The van der Waals surface area contributed by atoms with Crippen LogP contribution in [0, 0.1) is 23.7 Å². The highest BCUT2D eigenvalue weighted by atomic mass is 16.4. The number of aliphatic carboxylic acids is 1. The van der Waals surface area contributed by atoms with Crippen LogP contribution < -0.4 is 10.6 Å². The lowest BCUT2D eigenvalue weighted by atomic mass is 9.54. The third kappa shape index (κ3) is 3.64. The lowest BCUT2D eigenvalue weighted by molar-refractivity contribution is -0.138. The van der Waals surface area contributed by atoms with Crippen molar-refractivity contribution in [3.05, 3.63) is 29.1 Å². The fraction of sp³-hybridized carbons (Fsp3) is 0.731. The Bertz CT molecular complexity index is 891. The van der Waals surface area contributed by atoms with Crippen molar-refractivity contribution < 1.29 is 14.7 Å². The molecule has 32 heavy (non-hydrogen) atoms. The van der Waals surface area contributed by atoms with Crippen LogP contribution in [-0.4, -0.2) is 41.1 Å². The number of nitrogens with zero attached hydrogens (tertiary/aromatic N) is 1. The van der Waals surface area contributed by atoms with E-state index < -0.39 is 11.4 Å². The molecule has 6 nitrogen and oxygen atoms in total. The smallest absolute Gasteiger partial charge is 0.304 e. The molecular formula is C26H35N3O3. The number of hydrogen-bond acceptors (Lipinski definition) is 4. The van der Waals surface area contributed by atoms with Gasteiger partial charge in [-0.05, 0) is 100 Å². The number of rotatable bonds is 6. The van der Waals surface area contributed by atoms with Crippen molar-refractivity contribution in [3.63, 3.8) is 0 Å². The van der Waals surface area contributed by atoms with Crippen LogP contribution in [0.1, 0.15) is 91.9 Å². The quantitative estimate of drug-likeness (QED) is 0.632. The lowest BCUT2D eigenvalue weighted by Gasteiger charge is -2.54. The van der Waals surface area contributed by atoms with Crippen LogP contribution in [0.15, 0.2) is 12.1 Å². The molecule has 1 saturated heterocycles. The van der Waals surface area contributed by atoms with Crippen LogP contribution >= 0.6 is 0 Å². The molecule has 5 saturated carbocycles. The topological polar surface area (TPSA) is 91.3 Å². The highest BCUT2D eigenvalue weighted by Crippen LogP contribution is 2.54. The second-order valence-electron chi connectivity index (χ2n) is 11.5. The Morgan fingerprint density at radius 3 is 2.41 bits per heavy atom. The normalized spacial score (nSPS) is 37.9. The molecule has 4 bridgehead atoms. The Kier molecular flexibility index (Phi) is 5.05. The summed E-state index contributed by atoms with van der Waals surface area (Å²) < 4.78 is 0. The number of aromatic nitrogens is 1. The molecule has 2 heterocycles. The maximum atomic E-state index is 13.5. The molecule has 0 radical (unpaired) electrons. The maximum Gasteiger partial charge on any atom is 0.304 e. The van der Waals surface area contributed by atoms with E-state index in [-0.39, 0.29) is 12.3 Å². The molecule has 1 atom stereocenters. The van der Waals surface area contributed by atoms with Gasteiger partial charge >= 0.3 is 5.97 Å². The van der Waals surface area contributed by atoms with E-state index in [0.29, 0.717) is 30.3 Å². The molecule has 1 aliphatic heterocycles. The minimum atomic E-state index is -0.785. The van der Waals surface area contributed by atoms with E-state index >= 15 is 0 Å². The van der Waals surface area contributed by atoms with Crippen LogP contribution in [0.5, 0.6) is 0 Å². The van der Waals surface area contributed by atoms with Crippen LogP contribution in [0.2, 0.25) is 0 Å². The number of piperidine rings is 1. The Hall–Kier alpha value is -1.95. The Morgan fingerprint density at radius 2 is 1.81 bits per heavy atom. The number of carbonyl (C=O) groups excluding carboxylic acids is 1. The standard InChI is InChI=1S/C26H35N3O3/c30-22(31)13-26(6-1-7-27-14-26)21-5-4-20(24(28-21)17-2-3-17)25(32)29-23-18-9-15-8-16(11-18)12-19(23)10-15/h4-5,15-19,23,27H,1-3,6-14H2,(H,29,32)(H,30,31)/t15?,16?,18?,19?,23?,26-/m0/s1. The zero-order valence-corrected chi connectivity index (χ0v) is 18.8. The summed E-state index contributed by atoms with van der Waals surface area (Å²) in [6, 6.07) is 4.20. The monoisotopic (exact) mass is 437 g/mol. The van der Waals surface area contributed by atoms with E-state index in [1.54, 1.807) is 0 Å². The second kappa shape index (κ2) is 7.82. The minimum Gasteiger partial charge on any atom is -0.481 e. The van der Waals surface area contributed by atoms with Crippen molar-refractivity contribution in [2.24, 2.45) is 23.7 Å². The average Bonchev–Trinajstić information content (AvgIpc) is 3.61. The first kappa shape index (κ1) is 20.6. The third-order valence-electron chi connectivity index (χ3n) is 9.16. The first-order valence-corrected chi connectivity index (χ1v) is 12.8. The van der Waals surface area contributed by atoms with Crippen LogP contribution in [0.25, 0.3) is 0 Å². The molecule has 6 fully saturated rings. The molecule has 7 rings (SSSR count). The molecular weight excluding hydrogens is 402 g/mol. The van der Waals surface area contributed by atoms with Gasteiger partial charge in [-0.1, -0.05) is 0 Å². The predicted octanol–water partition coefficient (Wildman–Crippen LogP) is 3.61. The van der Waals surface area contributed by atoms with E-state index in [1.807, 2.05) is 12.1 Å². The van der Waals surface area contributed by atoms with Crippen molar-refractivity contribution in [1.29, 1.82) is 0 Å². The number of amides is 1. The van der Waals surface area contributed by atoms with Crippen molar-refractivity contribution in [3.8, 4) is 0 Å². The van der Waals surface area contributed by atoms with Gasteiger partial charge in [-0.15, -0.1) is 0 Å². The molecule has 5 aliphatic carbocycles. The first-order chi connectivity index (χ1) is 15.5. The van der Waals surface area contributed by atoms with E-state index in [1.165, 1.54) is 32.1 Å². The predicted molar refractivity (Wildman–Crippen MR) is 121 cm³/mol. The van der Waals surface area contributed by atoms with Crippen LogP contribution in [0.4, 0.5) is 0 Å². The molecule has 6 aliphatic rings. The molecule has 0 aromatic carbocycles. The Labute approximate surface area is 190 Å². The molecule has 1 aromatic heterocycles. The fourth-order valence-corrected chi connectivity index (χ4v) is 7.74. The van der Waals surface area contributed by atoms with Crippen molar-refractivity contribution >= 4 is 11.9 Å². The SMILES string of the molecule is O=C(O)C[C@@]1(c2ccc(C(=O)NC3C4CC5CC(C4)CC3C5)c(C3CC3)n2)CCCNC1.